The van der Waals surface area contributed by atoms with Gasteiger partial charge in [-0.25, -0.2) is 0 Å². The Morgan fingerprint density at radius 3 is 2.61 bits per heavy atom. The number of nitrogens with one attached hydrogen (secondary N) is 2. The van der Waals surface area contributed by atoms with E-state index in [4.69, 9.17) is 4.42 Å². The Labute approximate surface area is 162 Å². The number of aromatic nitrogens is 1. The minimum atomic E-state index is -0.396. The summed E-state index contributed by atoms with van der Waals surface area (Å²) in [6.45, 7) is 3.52. The molecule has 6 heteroatoms. The molecule has 6 nitrogen and oxygen atoms in total. The van der Waals surface area contributed by atoms with Crippen LogP contribution in [0, 0.1) is 25.2 Å². The largest absolute Gasteiger partial charge is 0.467 e. The SMILES string of the molecule is Cc1[nH]c(=O)c(C#N)c(C)c1CCC(=O)NC(c1ccccc1)c1ccco1. The van der Waals surface area contributed by atoms with E-state index in [1.807, 2.05) is 42.5 Å². The summed E-state index contributed by atoms with van der Waals surface area (Å²) in [7, 11) is 0. The standard InChI is InChI=1S/C22H21N3O3/c1-14-17(15(2)24-22(27)18(14)13-23)10-11-20(26)25-21(19-9-6-12-28-19)16-7-4-3-5-8-16/h3-9,12,21H,10-11H2,1-2H3,(H,24,27)(H,25,26). The molecule has 0 fully saturated rings. The molecule has 1 amide bonds. The van der Waals surface area contributed by atoms with Crippen molar-refractivity contribution in [2.45, 2.75) is 32.7 Å². The number of nitrogens with zero attached hydrogens (tertiary/aromatic N) is 1. The van der Waals surface area contributed by atoms with E-state index >= 15 is 0 Å². The monoisotopic (exact) mass is 375 g/mol. The summed E-state index contributed by atoms with van der Waals surface area (Å²) in [6, 6.07) is 14.8. The molecular weight excluding hydrogens is 354 g/mol. The van der Waals surface area contributed by atoms with Gasteiger partial charge in [-0.2, -0.15) is 5.26 Å². The predicted octanol–water partition coefficient (Wildman–Crippen LogP) is 3.29. The number of rotatable bonds is 6. The molecule has 0 bridgehead atoms. The van der Waals surface area contributed by atoms with Crippen LogP contribution in [-0.2, 0) is 11.2 Å². The fourth-order valence-electron chi connectivity index (χ4n) is 3.31. The van der Waals surface area contributed by atoms with Gasteiger partial charge in [-0.1, -0.05) is 30.3 Å². The first-order valence-corrected chi connectivity index (χ1v) is 9.01. The Morgan fingerprint density at radius 1 is 1.21 bits per heavy atom. The zero-order valence-electron chi connectivity index (χ0n) is 15.8. The number of nitriles is 1. The van der Waals surface area contributed by atoms with Crippen LogP contribution in [0.5, 0.6) is 0 Å². The lowest BCUT2D eigenvalue weighted by molar-refractivity contribution is -0.121. The summed E-state index contributed by atoms with van der Waals surface area (Å²) in [5.74, 6) is 0.511. The molecule has 0 saturated heterocycles. The number of furan rings is 1. The summed E-state index contributed by atoms with van der Waals surface area (Å²) in [4.78, 5) is 27.2. The normalized spacial score (nSPS) is 11.6. The molecule has 1 aromatic carbocycles. The second-order valence-corrected chi connectivity index (χ2v) is 6.60. The van der Waals surface area contributed by atoms with Crippen LogP contribution in [0.2, 0.25) is 0 Å². The number of benzene rings is 1. The van der Waals surface area contributed by atoms with E-state index in [0.29, 0.717) is 23.4 Å². The Morgan fingerprint density at radius 2 is 1.96 bits per heavy atom. The van der Waals surface area contributed by atoms with Crippen molar-refractivity contribution in [2.24, 2.45) is 0 Å². The van der Waals surface area contributed by atoms with Gasteiger partial charge in [-0.15, -0.1) is 0 Å². The highest BCUT2D eigenvalue weighted by atomic mass is 16.3. The molecule has 2 heterocycles. The first-order valence-electron chi connectivity index (χ1n) is 9.01. The van der Waals surface area contributed by atoms with E-state index in [-0.39, 0.29) is 23.9 Å². The van der Waals surface area contributed by atoms with Crippen LogP contribution in [0.15, 0.2) is 57.9 Å². The number of H-pyrrole nitrogens is 1. The van der Waals surface area contributed by atoms with Crippen LogP contribution >= 0.6 is 0 Å². The van der Waals surface area contributed by atoms with Crippen molar-refractivity contribution in [3.05, 3.63) is 92.8 Å². The van der Waals surface area contributed by atoms with Crippen LogP contribution in [0.25, 0.3) is 0 Å². The second-order valence-electron chi connectivity index (χ2n) is 6.60. The number of amides is 1. The molecule has 2 N–H and O–H groups in total. The summed E-state index contributed by atoms with van der Waals surface area (Å²) in [5.41, 5.74) is 2.75. The van der Waals surface area contributed by atoms with Gasteiger partial charge in [-0.3, -0.25) is 9.59 Å². The third kappa shape index (κ3) is 4.04. The first kappa shape index (κ1) is 19.2. The van der Waals surface area contributed by atoms with Gasteiger partial charge in [0.05, 0.1) is 6.26 Å². The molecule has 1 atom stereocenters. The minimum Gasteiger partial charge on any atom is -0.467 e. The maximum atomic E-state index is 12.6. The summed E-state index contributed by atoms with van der Waals surface area (Å²) < 4.78 is 5.50. The Balaban J connectivity index is 1.77. The van der Waals surface area contributed by atoms with Gasteiger partial charge in [0, 0.05) is 12.1 Å². The fourth-order valence-corrected chi connectivity index (χ4v) is 3.31. The number of pyridine rings is 1. The van der Waals surface area contributed by atoms with Crippen molar-refractivity contribution in [3.8, 4) is 6.07 Å². The highest BCUT2D eigenvalue weighted by molar-refractivity contribution is 5.77. The summed E-state index contributed by atoms with van der Waals surface area (Å²) >= 11 is 0. The van der Waals surface area contributed by atoms with Gasteiger partial charge in [0.2, 0.25) is 5.91 Å². The Kier molecular flexibility index (Phi) is 5.75. The van der Waals surface area contributed by atoms with Crippen molar-refractivity contribution in [3.63, 3.8) is 0 Å². The number of carbonyl (C=O) groups excluding carboxylic acids is 1. The van der Waals surface area contributed by atoms with Crippen LogP contribution in [-0.4, -0.2) is 10.9 Å². The molecule has 0 aliphatic heterocycles. The third-order valence-corrected chi connectivity index (χ3v) is 4.79. The van der Waals surface area contributed by atoms with Crippen molar-refractivity contribution < 1.29 is 9.21 Å². The molecule has 28 heavy (non-hydrogen) atoms. The molecule has 1 unspecified atom stereocenters. The lowest BCUT2D eigenvalue weighted by atomic mass is 9.98. The van der Waals surface area contributed by atoms with Crippen LogP contribution in [0.1, 0.15) is 46.2 Å². The Bertz CT molecular complexity index is 1060. The van der Waals surface area contributed by atoms with Crippen molar-refractivity contribution in [2.75, 3.05) is 0 Å². The molecule has 3 rings (SSSR count). The number of hydrogen-bond donors (Lipinski definition) is 2. The molecule has 0 aliphatic rings. The van der Waals surface area contributed by atoms with Gasteiger partial charge in [0.1, 0.15) is 23.4 Å². The molecule has 3 aromatic rings. The molecule has 2 aromatic heterocycles. The molecular formula is C22H21N3O3. The average molecular weight is 375 g/mol. The summed E-state index contributed by atoms with van der Waals surface area (Å²) in [6.07, 6.45) is 2.23. The molecule has 142 valence electrons. The molecule has 0 spiro atoms. The lowest BCUT2D eigenvalue weighted by Crippen LogP contribution is -2.29. The second kappa shape index (κ2) is 8.40. The number of aryl methyl sites for hydroxylation is 1. The minimum absolute atomic E-state index is 0.0961. The highest BCUT2D eigenvalue weighted by Crippen LogP contribution is 2.23. The molecule has 0 aliphatic carbocycles. The van der Waals surface area contributed by atoms with E-state index in [0.717, 1.165) is 11.1 Å². The number of aromatic amines is 1. The topological polar surface area (TPSA) is 98.9 Å². The van der Waals surface area contributed by atoms with E-state index in [1.54, 1.807) is 26.2 Å². The maximum Gasteiger partial charge on any atom is 0.266 e. The van der Waals surface area contributed by atoms with E-state index in [1.165, 1.54) is 0 Å². The zero-order chi connectivity index (χ0) is 20.1. The first-order chi connectivity index (χ1) is 13.5. The van der Waals surface area contributed by atoms with Crippen LogP contribution in [0.3, 0.4) is 0 Å². The highest BCUT2D eigenvalue weighted by Gasteiger charge is 2.20. The van der Waals surface area contributed by atoms with E-state index in [9.17, 15) is 14.9 Å². The third-order valence-electron chi connectivity index (χ3n) is 4.79. The summed E-state index contributed by atoms with van der Waals surface area (Å²) in [5, 5.41) is 12.2. The fraction of sp³-hybridized carbons (Fsp3) is 0.227. The average Bonchev–Trinajstić information content (AvgIpc) is 3.21. The van der Waals surface area contributed by atoms with Gasteiger partial charge < -0.3 is 14.7 Å². The molecule has 0 saturated carbocycles. The van der Waals surface area contributed by atoms with Crippen LogP contribution < -0.4 is 10.9 Å². The van der Waals surface area contributed by atoms with Gasteiger partial charge in [0.25, 0.3) is 5.56 Å². The number of hydrogen-bond acceptors (Lipinski definition) is 4. The van der Waals surface area contributed by atoms with Gasteiger partial charge in [0.15, 0.2) is 0 Å². The zero-order valence-corrected chi connectivity index (χ0v) is 15.8. The van der Waals surface area contributed by atoms with E-state index < -0.39 is 5.56 Å². The van der Waals surface area contributed by atoms with Crippen molar-refractivity contribution >= 4 is 5.91 Å². The van der Waals surface area contributed by atoms with Crippen molar-refractivity contribution in [1.82, 2.24) is 10.3 Å². The quantitative estimate of drug-likeness (QED) is 0.690. The number of carbonyl (C=O) groups is 1. The van der Waals surface area contributed by atoms with Crippen molar-refractivity contribution in [1.29, 1.82) is 5.26 Å². The van der Waals surface area contributed by atoms with Crippen LogP contribution in [0.4, 0.5) is 0 Å². The Hall–Kier alpha value is -3.59. The van der Waals surface area contributed by atoms with Gasteiger partial charge >= 0.3 is 0 Å². The predicted molar refractivity (Wildman–Crippen MR) is 105 cm³/mol. The van der Waals surface area contributed by atoms with Gasteiger partial charge in [-0.05, 0) is 49.1 Å². The lowest BCUT2D eigenvalue weighted by Gasteiger charge is -2.18. The maximum absolute atomic E-state index is 12.6. The smallest absolute Gasteiger partial charge is 0.266 e. The molecule has 0 radical (unpaired) electrons. The van der Waals surface area contributed by atoms with E-state index in [2.05, 4.69) is 10.3 Å².